The van der Waals surface area contributed by atoms with Gasteiger partial charge in [0.25, 0.3) is 0 Å². The topological polar surface area (TPSA) is 69.4 Å². The number of hydrogen-bond donors (Lipinski definition) is 1. The number of hydrogen-bond acceptors (Lipinski definition) is 4. The number of benzene rings is 1. The Kier molecular flexibility index (Phi) is 6.15. The highest BCUT2D eigenvalue weighted by Crippen LogP contribution is 2.13. The van der Waals surface area contributed by atoms with Crippen LogP contribution in [0.3, 0.4) is 0 Å². The van der Waals surface area contributed by atoms with Crippen molar-refractivity contribution in [2.45, 2.75) is 26.7 Å². The van der Waals surface area contributed by atoms with Crippen molar-refractivity contribution >= 4 is 15.5 Å². The number of anilines is 1. The summed E-state index contributed by atoms with van der Waals surface area (Å²) in [5, 5.41) is 0. The summed E-state index contributed by atoms with van der Waals surface area (Å²) < 4.78 is 28.9. The normalized spacial score (nSPS) is 11.7. The molecule has 2 N–H and O–H groups in total. The third-order valence-corrected chi connectivity index (χ3v) is 4.52. The molecule has 1 aromatic carbocycles. The van der Waals surface area contributed by atoms with Gasteiger partial charge in [0, 0.05) is 5.69 Å². The molecule has 4 nitrogen and oxygen atoms in total. The SMILES string of the molecule is CC(C)CCS(=O)(=O)CCCOc1ccc(N)cc1. The van der Waals surface area contributed by atoms with E-state index in [1.807, 2.05) is 13.8 Å². The van der Waals surface area contributed by atoms with Crippen LogP contribution in [-0.4, -0.2) is 26.5 Å². The van der Waals surface area contributed by atoms with Gasteiger partial charge in [0.2, 0.25) is 0 Å². The smallest absolute Gasteiger partial charge is 0.150 e. The monoisotopic (exact) mass is 285 g/mol. The molecule has 0 fully saturated rings. The van der Waals surface area contributed by atoms with Crippen molar-refractivity contribution < 1.29 is 13.2 Å². The van der Waals surface area contributed by atoms with Crippen LogP contribution in [0.25, 0.3) is 0 Å². The molecule has 0 atom stereocenters. The highest BCUT2D eigenvalue weighted by Gasteiger charge is 2.11. The van der Waals surface area contributed by atoms with Gasteiger partial charge in [0.05, 0.1) is 18.1 Å². The standard InChI is InChI=1S/C14H23NO3S/c1-12(2)8-11-19(16,17)10-3-9-18-14-6-4-13(15)5-7-14/h4-7,12H,3,8-11,15H2,1-2H3. The minimum Gasteiger partial charge on any atom is -0.494 e. The molecule has 0 aliphatic heterocycles. The Hall–Kier alpha value is -1.23. The van der Waals surface area contributed by atoms with E-state index in [9.17, 15) is 8.42 Å². The van der Waals surface area contributed by atoms with E-state index in [1.165, 1.54) is 0 Å². The number of nitrogen functional groups attached to an aromatic ring is 1. The first kappa shape index (κ1) is 15.8. The van der Waals surface area contributed by atoms with Crippen LogP contribution in [0, 0.1) is 5.92 Å². The van der Waals surface area contributed by atoms with E-state index in [-0.39, 0.29) is 11.5 Å². The van der Waals surface area contributed by atoms with E-state index >= 15 is 0 Å². The van der Waals surface area contributed by atoms with Gasteiger partial charge in [-0.15, -0.1) is 0 Å². The molecule has 0 radical (unpaired) electrons. The molecule has 0 unspecified atom stereocenters. The minimum atomic E-state index is -2.94. The Morgan fingerprint density at radius 3 is 2.37 bits per heavy atom. The third kappa shape index (κ3) is 7.06. The van der Waals surface area contributed by atoms with Crippen molar-refractivity contribution in [3.63, 3.8) is 0 Å². The van der Waals surface area contributed by atoms with E-state index in [0.717, 1.165) is 6.42 Å². The van der Waals surface area contributed by atoms with E-state index in [1.54, 1.807) is 24.3 Å². The number of rotatable bonds is 8. The van der Waals surface area contributed by atoms with Crippen molar-refractivity contribution in [3.8, 4) is 5.75 Å². The summed E-state index contributed by atoms with van der Waals surface area (Å²) in [5.74, 6) is 1.59. The van der Waals surface area contributed by atoms with Crippen LogP contribution < -0.4 is 10.5 Å². The lowest BCUT2D eigenvalue weighted by Gasteiger charge is -2.08. The lowest BCUT2D eigenvalue weighted by atomic mass is 10.2. The fourth-order valence-corrected chi connectivity index (χ4v) is 3.14. The van der Waals surface area contributed by atoms with E-state index in [0.29, 0.717) is 30.4 Å². The van der Waals surface area contributed by atoms with Crippen LogP contribution in [0.4, 0.5) is 5.69 Å². The van der Waals surface area contributed by atoms with Crippen LogP contribution in [0.2, 0.25) is 0 Å². The molecule has 0 saturated heterocycles. The zero-order chi connectivity index (χ0) is 14.3. The molecule has 5 heteroatoms. The van der Waals surface area contributed by atoms with Crippen molar-refractivity contribution in [3.05, 3.63) is 24.3 Å². The highest BCUT2D eigenvalue weighted by atomic mass is 32.2. The Labute approximate surface area is 115 Å². The lowest BCUT2D eigenvalue weighted by Crippen LogP contribution is -2.15. The molecule has 0 spiro atoms. The summed E-state index contributed by atoms with van der Waals surface area (Å²) in [6, 6.07) is 7.08. The molecule has 0 saturated carbocycles. The van der Waals surface area contributed by atoms with Crippen LogP contribution >= 0.6 is 0 Å². The van der Waals surface area contributed by atoms with Crippen LogP contribution in [0.1, 0.15) is 26.7 Å². The first-order valence-electron chi connectivity index (χ1n) is 6.58. The second-order valence-electron chi connectivity index (χ2n) is 5.11. The van der Waals surface area contributed by atoms with Gasteiger partial charge >= 0.3 is 0 Å². The van der Waals surface area contributed by atoms with Crippen molar-refractivity contribution in [2.75, 3.05) is 23.8 Å². The van der Waals surface area contributed by atoms with Crippen molar-refractivity contribution in [1.82, 2.24) is 0 Å². The summed E-state index contributed by atoms with van der Waals surface area (Å²) in [6.07, 6.45) is 1.24. The maximum absolute atomic E-state index is 11.7. The zero-order valence-corrected chi connectivity index (χ0v) is 12.4. The fraction of sp³-hybridized carbons (Fsp3) is 0.571. The third-order valence-electron chi connectivity index (χ3n) is 2.75. The maximum Gasteiger partial charge on any atom is 0.150 e. The molecule has 1 rings (SSSR count). The van der Waals surface area contributed by atoms with Gasteiger partial charge in [-0.25, -0.2) is 8.42 Å². The molecule has 0 bridgehead atoms. The predicted octanol–water partition coefficient (Wildman–Crippen LogP) is 2.50. The molecule has 0 aliphatic carbocycles. The number of nitrogens with two attached hydrogens (primary N) is 1. The van der Waals surface area contributed by atoms with E-state index < -0.39 is 9.84 Å². The first-order valence-corrected chi connectivity index (χ1v) is 8.40. The Balaban J connectivity index is 2.25. The van der Waals surface area contributed by atoms with Crippen LogP contribution in [-0.2, 0) is 9.84 Å². The number of sulfone groups is 1. The van der Waals surface area contributed by atoms with Crippen molar-refractivity contribution in [2.24, 2.45) is 5.92 Å². The molecular formula is C14H23NO3S. The summed E-state index contributed by atoms with van der Waals surface area (Å²) in [5.41, 5.74) is 6.25. The zero-order valence-electron chi connectivity index (χ0n) is 11.6. The van der Waals surface area contributed by atoms with Gasteiger partial charge in [-0.05, 0) is 43.0 Å². The summed E-state index contributed by atoms with van der Waals surface area (Å²) in [7, 11) is -2.94. The number of ether oxygens (including phenoxy) is 1. The molecule has 0 heterocycles. The van der Waals surface area contributed by atoms with Gasteiger partial charge < -0.3 is 10.5 Å². The predicted molar refractivity (Wildman–Crippen MR) is 79.1 cm³/mol. The second-order valence-corrected chi connectivity index (χ2v) is 7.41. The van der Waals surface area contributed by atoms with Gasteiger partial charge in [0.1, 0.15) is 15.6 Å². The second kappa shape index (κ2) is 7.38. The van der Waals surface area contributed by atoms with Gasteiger partial charge in [-0.3, -0.25) is 0 Å². The van der Waals surface area contributed by atoms with Gasteiger partial charge in [-0.1, -0.05) is 13.8 Å². The Morgan fingerprint density at radius 2 is 1.79 bits per heavy atom. The quantitative estimate of drug-likeness (QED) is 0.588. The molecule has 0 aromatic heterocycles. The molecule has 1 aromatic rings. The highest BCUT2D eigenvalue weighted by molar-refractivity contribution is 7.91. The first-order chi connectivity index (χ1) is 8.89. The summed E-state index contributed by atoms with van der Waals surface area (Å²) >= 11 is 0. The molecule has 0 aliphatic rings. The van der Waals surface area contributed by atoms with Crippen LogP contribution in [0.15, 0.2) is 24.3 Å². The Bertz CT molecular complexity index is 466. The molecule has 108 valence electrons. The Morgan fingerprint density at radius 1 is 1.16 bits per heavy atom. The van der Waals surface area contributed by atoms with E-state index in [2.05, 4.69) is 0 Å². The van der Waals surface area contributed by atoms with E-state index in [4.69, 9.17) is 10.5 Å². The van der Waals surface area contributed by atoms with Crippen molar-refractivity contribution in [1.29, 1.82) is 0 Å². The fourth-order valence-electron chi connectivity index (χ4n) is 1.55. The lowest BCUT2D eigenvalue weighted by molar-refractivity contribution is 0.317. The largest absolute Gasteiger partial charge is 0.494 e. The van der Waals surface area contributed by atoms with Crippen LogP contribution in [0.5, 0.6) is 5.75 Å². The summed E-state index contributed by atoms with van der Waals surface area (Å²) in [4.78, 5) is 0. The molecule has 19 heavy (non-hydrogen) atoms. The molecular weight excluding hydrogens is 262 g/mol. The minimum absolute atomic E-state index is 0.189. The average molecular weight is 285 g/mol. The average Bonchev–Trinajstić information content (AvgIpc) is 2.35. The maximum atomic E-state index is 11.7. The summed E-state index contributed by atoms with van der Waals surface area (Å²) in [6.45, 7) is 4.46. The van der Waals surface area contributed by atoms with Gasteiger partial charge in [-0.2, -0.15) is 0 Å². The van der Waals surface area contributed by atoms with Gasteiger partial charge in [0.15, 0.2) is 0 Å². The molecule has 0 amide bonds.